The van der Waals surface area contributed by atoms with Gasteiger partial charge in [0.2, 0.25) is 15.9 Å². The number of ether oxygens (including phenoxy) is 1. The lowest BCUT2D eigenvalue weighted by molar-refractivity contribution is -0.123. The fraction of sp³-hybridized carbons (Fsp3) is 0.696. The Morgan fingerprint density at radius 3 is 2.69 bits per heavy atom. The summed E-state index contributed by atoms with van der Waals surface area (Å²) >= 11 is 0. The van der Waals surface area contributed by atoms with E-state index in [0.717, 1.165) is 50.8 Å². The number of fused-ring (bicyclic) bond motifs is 1. The van der Waals surface area contributed by atoms with Crippen LogP contribution in [0.15, 0.2) is 29.2 Å². The van der Waals surface area contributed by atoms with E-state index in [0.29, 0.717) is 18.5 Å². The van der Waals surface area contributed by atoms with Gasteiger partial charge >= 0.3 is 0 Å². The number of nitrogens with one attached hydrogen (secondary N) is 4. The summed E-state index contributed by atoms with van der Waals surface area (Å²) in [6, 6.07) is 6.78. The Balaban J connectivity index is 1.32. The number of carbonyl (C=O) groups is 1. The van der Waals surface area contributed by atoms with Crippen LogP contribution in [0, 0.1) is 11.8 Å². The maximum absolute atomic E-state index is 12.9. The van der Waals surface area contributed by atoms with Crippen LogP contribution in [0.25, 0.3) is 0 Å². The molecule has 0 bridgehead atoms. The molecule has 6 unspecified atom stereocenters. The lowest BCUT2D eigenvalue weighted by atomic mass is 9.84. The molecule has 4 rings (SSSR count). The molecule has 3 aliphatic rings. The first kappa shape index (κ1) is 23.6. The average Bonchev–Trinajstić information content (AvgIpc) is 3.23. The molecular weight excluding hydrogens is 428 g/mol. The molecule has 2 aliphatic heterocycles. The Labute approximate surface area is 191 Å². The Hall–Kier alpha value is -1.52. The number of hydrogen-bond donors (Lipinski definition) is 4. The van der Waals surface area contributed by atoms with Crippen molar-refractivity contribution in [2.24, 2.45) is 11.8 Å². The van der Waals surface area contributed by atoms with Crippen molar-refractivity contribution < 1.29 is 17.9 Å². The number of piperidine rings is 1. The number of methoxy groups -OCH3 is 1. The quantitative estimate of drug-likeness (QED) is 0.482. The Bertz CT molecular complexity index is 878. The fourth-order valence-electron chi connectivity index (χ4n) is 5.37. The van der Waals surface area contributed by atoms with Crippen LogP contribution >= 0.6 is 0 Å². The molecule has 178 valence electrons. The molecule has 1 aromatic rings. The Kier molecular flexibility index (Phi) is 7.51. The largest absolute Gasteiger partial charge is 0.380 e. The zero-order chi connectivity index (χ0) is 22.7. The minimum absolute atomic E-state index is 0.00894. The van der Waals surface area contributed by atoms with Crippen molar-refractivity contribution in [1.29, 1.82) is 0 Å². The third kappa shape index (κ3) is 5.34. The monoisotopic (exact) mass is 464 g/mol. The molecule has 0 spiro atoms. The summed E-state index contributed by atoms with van der Waals surface area (Å²) in [5.41, 5.74) is 0.871. The number of amides is 1. The zero-order valence-electron chi connectivity index (χ0n) is 19.0. The first-order valence-corrected chi connectivity index (χ1v) is 13.2. The third-order valence-corrected chi connectivity index (χ3v) is 8.81. The van der Waals surface area contributed by atoms with Crippen molar-refractivity contribution in [3.05, 3.63) is 29.8 Å². The van der Waals surface area contributed by atoms with E-state index in [1.54, 1.807) is 31.4 Å². The van der Waals surface area contributed by atoms with Crippen LogP contribution in [0.5, 0.6) is 0 Å². The summed E-state index contributed by atoms with van der Waals surface area (Å²) in [5, 5.41) is 9.84. The highest BCUT2D eigenvalue weighted by Gasteiger charge is 2.38. The topological polar surface area (TPSA) is 109 Å². The molecular formula is C23H36N4O4S. The molecule has 2 saturated heterocycles. The van der Waals surface area contributed by atoms with Gasteiger partial charge in [0.05, 0.1) is 23.1 Å². The molecule has 8 nitrogen and oxygen atoms in total. The van der Waals surface area contributed by atoms with Crippen LogP contribution in [0.1, 0.15) is 44.6 Å². The molecule has 0 radical (unpaired) electrons. The first-order valence-electron chi connectivity index (χ1n) is 11.8. The predicted molar refractivity (Wildman–Crippen MR) is 123 cm³/mol. The number of rotatable bonds is 7. The van der Waals surface area contributed by atoms with Crippen LogP contribution in [0.4, 0.5) is 0 Å². The van der Waals surface area contributed by atoms with E-state index >= 15 is 0 Å². The number of benzene rings is 1. The normalized spacial score (nSPS) is 32.9. The molecule has 6 atom stereocenters. The van der Waals surface area contributed by atoms with Gasteiger partial charge in [-0.25, -0.2) is 13.1 Å². The van der Waals surface area contributed by atoms with Crippen molar-refractivity contribution in [3.8, 4) is 0 Å². The van der Waals surface area contributed by atoms with Crippen molar-refractivity contribution in [3.63, 3.8) is 0 Å². The minimum Gasteiger partial charge on any atom is -0.380 e. The maximum Gasteiger partial charge on any atom is 0.240 e. The van der Waals surface area contributed by atoms with Crippen LogP contribution < -0.4 is 20.7 Å². The van der Waals surface area contributed by atoms with Gasteiger partial charge in [-0.05, 0) is 68.3 Å². The molecule has 1 saturated carbocycles. The fourth-order valence-corrected chi connectivity index (χ4v) is 6.74. The smallest absolute Gasteiger partial charge is 0.240 e. The van der Waals surface area contributed by atoms with Crippen molar-refractivity contribution in [2.75, 3.05) is 20.2 Å². The molecule has 9 heteroatoms. The molecule has 2 heterocycles. The van der Waals surface area contributed by atoms with E-state index in [2.05, 4.69) is 27.6 Å². The van der Waals surface area contributed by atoms with Crippen molar-refractivity contribution >= 4 is 15.9 Å². The highest BCUT2D eigenvalue weighted by Crippen LogP contribution is 2.28. The van der Waals surface area contributed by atoms with Gasteiger partial charge in [-0.1, -0.05) is 25.5 Å². The lowest BCUT2D eigenvalue weighted by Gasteiger charge is -2.35. The molecule has 1 amide bonds. The van der Waals surface area contributed by atoms with Gasteiger partial charge < -0.3 is 20.7 Å². The van der Waals surface area contributed by atoms with Crippen molar-refractivity contribution in [2.45, 2.75) is 74.7 Å². The molecule has 4 N–H and O–H groups in total. The predicted octanol–water partition coefficient (Wildman–Crippen LogP) is 1.12. The van der Waals surface area contributed by atoms with Gasteiger partial charge in [0, 0.05) is 19.7 Å². The summed E-state index contributed by atoms with van der Waals surface area (Å²) in [7, 11) is -2.00. The third-order valence-electron chi connectivity index (χ3n) is 7.33. The highest BCUT2D eigenvalue weighted by molar-refractivity contribution is 7.89. The van der Waals surface area contributed by atoms with Gasteiger partial charge in [-0.2, -0.15) is 0 Å². The van der Waals surface area contributed by atoms with Crippen LogP contribution in [-0.2, 0) is 26.1 Å². The second-order valence-electron chi connectivity index (χ2n) is 9.51. The zero-order valence-corrected chi connectivity index (χ0v) is 19.8. The van der Waals surface area contributed by atoms with Gasteiger partial charge in [0.15, 0.2) is 0 Å². The van der Waals surface area contributed by atoms with E-state index in [1.807, 2.05) is 0 Å². The standard InChI is InChI=1S/C23H36N4O4S/c1-15-4-3-5-21(31-2)22(15)27-32(29,30)18-8-6-16(7-9-18)13-25-23(28)20-12-17-14-24-11-10-19(17)26-20/h6-9,15,17,19-22,24,26-27H,3-5,10-14H2,1-2H3,(H,25,28). The van der Waals surface area contributed by atoms with Crippen LogP contribution in [-0.4, -0.2) is 58.8 Å². The van der Waals surface area contributed by atoms with E-state index in [-0.39, 0.29) is 34.9 Å². The van der Waals surface area contributed by atoms with Gasteiger partial charge in [-0.15, -0.1) is 0 Å². The van der Waals surface area contributed by atoms with Gasteiger partial charge in [-0.3, -0.25) is 4.79 Å². The summed E-state index contributed by atoms with van der Waals surface area (Å²) in [5.74, 6) is 0.748. The van der Waals surface area contributed by atoms with Gasteiger partial charge in [0.1, 0.15) is 0 Å². The van der Waals surface area contributed by atoms with Gasteiger partial charge in [0.25, 0.3) is 0 Å². The second-order valence-corrected chi connectivity index (χ2v) is 11.2. The van der Waals surface area contributed by atoms with E-state index in [1.165, 1.54) is 0 Å². The number of sulfonamides is 1. The van der Waals surface area contributed by atoms with Crippen molar-refractivity contribution in [1.82, 2.24) is 20.7 Å². The van der Waals surface area contributed by atoms with Crippen LogP contribution in [0.3, 0.4) is 0 Å². The summed E-state index contributed by atoms with van der Waals surface area (Å²) in [4.78, 5) is 12.8. The molecule has 0 aromatic heterocycles. The number of hydrogen-bond acceptors (Lipinski definition) is 6. The lowest BCUT2D eigenvalue weighted by Crippen LogP contribution is -2.50. The second kappa shape index (κ2) is 10.2. The summed E-state index contributed by atoms with van der Waals surface area (Å²) in [6.07, 6.45) is 4.71. The first-order chi connectivity index (χ1) is 15.4. The molecule has 32 heavy (non-hydrogen) atoms. The SMILES string of the molecule is COC1CCCC(C)C1NS(=O)(=O)c1ccc(CNC(=O)C2CC3CNCCC3N2)cc1. The maximum atomic E-state index is 12.9. The Morgan fingerprint density at radius 1 is 1.19 bits per heavy atom. The molecule has 1 aromatic carbocycles. The van der Waals surface area contributed by atoms with E-state index in [4.69, 9.17) is 4.74 Å². The molecule has 3 fully saturated rings. The van der Waals surface area contributed by atoms with E-state index in [9.17, 15) is 13.2 Å². The minimum atomic E-state index is -3.64. The van der Waals surface area contributed by atoms with E-state index < -0.39 is 10.0 Å². The van der Waals surface area contributed by atoms with Crippen LogP contribution in [0.2, 0.25) is 0 Å². The summed E-state index contributed by atoms with van der Waals surface area (Å²) < 4.78 is 34.2. The molecule has 1 aliphatic carbocycles. The highest BCUT2D eigenvalue weighted by atomic mass is 32.2. The average molecular weight is 465 g/mol. The Morgan fingerprint density at radius 2 is 1.97 bits per heavy atom. The number of carbonyl (C=O) groups excluding carboxylic acids is 1. The summed E-state index contributed by atoms with van der Waals surface area (Å²) in [6.45, 7) is 4.41.